The van der Waals surface area contributed by atoms with Gasteiger partial charge in [-0.2, -0.15) is 0 Å². The normalized spacial score (nSPS) is 15.2. The third-order valence-electron chi connectivity index (χ3n) is 3.17. The Hall–Kier alpha value is -2.18. The van der Waals surface area contributed by atoms with Gasteiger partial charge >= 0.3 is 5.69 Å². The van der Waals surface area contributed by atoms with Gasteiger partial charge in [-0.05, 0) is 19.8 Å². The van der Waals surface area contributed by atoms with Gasteiger partial charge in [-0.1, -0.05) is 0 Å². The Bertz CT molecular complexity index is 823. The summed E-state index contributed by atoms with van der Waals surface area (Å²) in [7, 11) is 1.38. The fraction of sp³-hybridized carbons (Fsp3) is 0.455. The summed E-state index contributed by atoms with van der Waals surface area (Å²) < 4.78 is 2.42. The first-order valence-corrected chi connectivity index (χ1v) is 5.73. The van der Waals surface area contributed by atoms with Crippen LogP contribution in [0.25, 0.3) is 11.0 Å². The number of nitrogens with zero attached hydrogens (tertiary/aromatic N) is 3. The highest BCUT2D eigenvalue weighted by molar-refractivity contribution is 5.72. The van der Waals surface area contributed by atoms with Crippen LogP contribution in [0.15, 0.2) is 14.4 Å². The summed E-state index contributed by atoms with van der Waals surface area (Å²) in [6.45, 7) is 1.63. The number of aryl methyl sites for hydroxylation is 1. The summed E-state index contributed by atoms with van der Waals surface area (Å²) in [6, 6.07) is 0.0560. The zero-order chi connectivity index (χ0) is 13.0. The lowest BCUT2D eigenvalue weighted by molar-refractivity contribution is 0.636. The standard InChI is InChI=1S/C11H12N4O3/c1-5-12-8-7(9(16)13-5)10(17)14(2)11(18)15(8)6-3-4-6/h6H,3-4H2,1-2H3,(H,12,13,16). The second-order valence-electron chi connectivity index (χ2n) is 4.60. The molecule has 0 aromatic carbocycles. The Morgan fingerprint density at radius 2 is 1.94 bits per heavy atom. The molecule has 0 unspecified atom stereocenters. The Morgan fingerprint density at radius 3 is 2.56 bits per heavy atom. The van der Waals surface area contributed by atoms with Crippen molar-refractivity contribution in [3.8, 4) is 0 Å². The molecule has 1 aliphatic carbocycles. The third kappa shape index (κ3) is 1.36. The zero-order valence-electron chi connectivity index (χ0n) is 10.1. The van der Waals surface area contributed by atoms with Crippen molar-refractivity contribution in [1.82, 2.24) is 19.1 Å². The molecule has 1 fully saturated rings. The molecule has 7 heteroatoms. The molecular weight excluding hydrogens is 236 g/mol. The smallest absolute Gasteiger partial charge is 0.310 e. The van der Waals surface area contributed by atoms with Crippen LogP contribution < -0.4 is 16.8 Å². The maximum atomic E-state index is 12.1. The first kappa shape index (κ1) is 10.9. The predicted molar refractivity (Wildman–Crippen MR) is 64.9 cm³/mol. The van der Waals surface area contributed by atoms with E-state index < -0.39 is 16.8 Å². The van der Waals surface area contributed by atoms with Crippen LogP contribution in [-0.2, 0) is 7.05 Å². The molecule has 2 aromatic rings. The number of H-pyrrole nitrogens is 1. The first-order chi connectivity index (χ1) is 8.50. The van der Waals surface area contributed by atoms with E-state index in [9.17, 15) is 14.4 Å². The van der Waals surface area contributed by atoms with Gasteiger partial charge in [0.25, 0.3) is 11.1 Å². The SMILES string of the molecule is Cc1nc2c(c(=O)[nH]1)c(=O)n(C)c(=O)n2C1CC1. The van der Waals surface area contributed by atoms with Crippen molar-refractivity contribution in [3.05, 3.63) is 37.0 Å². The molecule has 1 saturated carbocycles. The van der Waals surface area contributed by atoms with Gasteiger partial charge in [0.2, 0.25) is 0 Å². The molecule has 0 spiro atoms. The van der Waals surface area contributed by atoms with Crippen molar-refractivity contribution in [2.75, 3.05) is 0 Å². The van der Waals surface area contributed by atoms with E-state index in [1.165, 1.54) is 11.6 Å². The number of fused-ring (bicyclic) bond motifs is 1. The summed E-state index contributed by atoms with van der Waals surface area (Å²) in [5.74, 6) is 0.398. The molecule has 1 N–H and O–H groups in total. The van der Waals surface area contributed by atoms with Gasteiger partial charge in [0.15, 0.2) is 5.65 Å². The lowest BCUT2D eigenvalue weighted by atomic mass is 10.3. The second-order valence-corrected chi connectivity index (χ2v) is 4.60. The van der Waals surface area contributed by atoms with Gasteiger partial charge in [0.1, 0.15) is 11.2 Å². The highest BCUT2D eigenvalue weighted by Crippen LogP contribution is 2.34. The molecule has 3 rings (SSSR count). The molecule has 7 nitrogen and oxygen atoms in total. The lowest BCUT2D eigenvalue weighted by Gasteiger charge is -2.09. The van der Waals surface area contributed by atoms with Crippen LogP contribution in [0.3, 0.4) is 0 Å². The molecule has 1 aliphatic rings. The van der Waals surface area contributed by atoms with Crippen molar-refractivity contribution >= 4 is 11.0 Å². The maximum absolute atomic E-state index is 12.1. The Kier molecular flexibility index (Phi) is 2.07. The van der Waals surface area contributed by atoms with Crippen LogP contribution in [0.2, 0.25) is 0 Å². The van der Waals surface area contributed by atoms with E-state index in [0.717, 1.165) is 17.4 Å². The van der Waals surface area contributed by atoms with Crippen molar-refractivity contribution in [1.29, 1.82) is 0 Å². The van der Waals surface area contributed by atoms with Crippen molar-refractivity contribution < 1.29 is 0 Å². The van der Waals surface area contributed by atoms with Crippen LogP contribution in [0.1, 0.15) is 24.7 Å². The van der Waals surface area contributed by atoms with Crippen molar-refractivity contribution in [3.63, 3.8) is 0 Å². The van der Waals surface area contributed by atoms with Gasteiger partial charge in [0, 0.05) is 13.1 Å². The van der Waals surface area contributed by atoms with E-state index in [-0.39, 0.29) is 17.1 Å². The largest absolute Gasteiger partial charge is 0.332 e. The number of hydrogen-bond donors (Lipinski definition) is 1. The predicted octanol–water partition coefficient (Wildman–Crippen LogP) is -0.573. The zero-order valence-corrected chi connectivity index (χ0v) is 10.1. The average Bonchev–Trinajstić information content (AvgIpc) is 3.09. The quantitative estimate of drug-likeness (QED) is 0.731. The molecule has 94 valence electrons. The van der Waals surface area contributed by atoms with Gasteiger partial charge < -0.3 is 4.98 Å². The van der Waals surface area contributed by atoms with E-state index in [1.807, 2.05) is 0 Å². The molecule has 0 bridgehead atoms. The lowest BCUT2D eigenvalue weighted by Crippen LogP contribution is -2.40. The van der Waals surface area contributed by atoms with Crippen LogP contribution >= 0.6 is 0 Å². The third-order valence-corrected chi connectivity index (χ3v) is 3.17. The number of nitrogens with one attached hydrogen (secondary N) is 1. The molecule has 2 heterocycles. The fourth-order valence-electron chi connectivity index (χ4n) is 2.11. The van der Waals surface area contributed by atoms with E-state index in [0.29, 0.717) is 5.82 Å². The monoisotopic (exact) mass is 248 g/mol. The number of aromatic amines is 1. The fourth-order valence-corrected chi connectivity index (χ4v) is 2.11. The number of aromatic nitrogens is 4. The minimum atomic E-state index is -0.597. The second kappa shape index (κ2) is 3.41. The first-order valence-electron chi connectivity index (χ1n) is 5.73. The molecular formula is C11H12N4O3. The van der Waals surface area contributed by atoms with Gasteiger partial charge in [-0.15, -0.1) is 0 Å². The Balaban J connectivity index is 2.65. The van der Waals surface area contributed by atoms with Crippen molar-refractivity contribution in [2.24, 2.45) is 7.05 Å². The Morgan fingerprint density at radius 1 is 1.28 bits per heavy atom. The minimum Gasteiger partial charge on any atom is -0.310 e. The number of hydrogen-bond acceptors (Lipinski definition) is 4. The highest BCUT2D eigenvalue weighted by Gasteiger charge is 2.29. The summed E-state index contributed by atoms with van der Waals surface area (Å²) in [5.41, 5.74) is -1.30. The summed E-state index contributed by atoms with van der Waals surface area (Å²) >= 11 is 0. The van der Waals surface area contributed by atoms with E-state index >= 15 is 0 Å². The molecule has 0 aliphatic heterocycles. The van der Waals surface area contributed by atoms with Gasteiger partial charge in [-0.3, -0.25) is 18.7 Å². The van der Waals surface area contributed by atoms with E-state index in [1.54, 1.807) is 6.92 Å². The Labute approximate surface area is 101 Å². The summed E-state index contributed by atoms with van der Waals surface area (Å²) in [4.78, 5) is 42.5. The maximum Gasteiger partial charge on any atom is 0.332 e. The van der Waals surface area contributed by atoms with E-state index in [2.05, 4.69) is 9.97 Å². The molecule has 0 amide bonds. The van der Waals surface area contributed by atoms with Crippen LogP contribution in [-0.4, -0.2) is 19.1 Å². The molecule has 0 atom stereocenters. The summed E-state index contributed by atoms with van der Waals surface area (Å²) in [6.07, 6.45) is 1.75. The number of rotatable bonds is 1. The van der Waals surface area contributed by atoms with Gasteiger partial charge in [-0.25, -0.2) is 9.78 Å². The minimum absolute atomic E-state index is 0.0467. The van der Waals surface area contributed by atoms with Crippen LogP contribution in [0.5, 0.6) is 0 Å². The highest BCUT2D eigenvalue weighted by atomic mass is 16.2. The van der Waals surface area contributed by atoms with Gasteiger partial charge in [0.05, 0.1) is 0 Å². The molecule has 2 aromatic heterocycles. The molecule has 0 saturated heterocycles. The van der Waals surface area contributed by atoms with Crippen molar-refractivity contribution in [2.45, 2.75) is 25.8 Å². The molecule has 18 heavy (non-hydrogen) atoms. The topological polar surface area (TPSA) is 89.8 Å². The van der Waals surface area contributed by atoms with Crippen LogP contribution in [0.4, 0.5) is 0 Å². The average molecular weight is 248 g/mol. The summed E-state index contributed by atoms with van der Waals surface area (Å²) in [5, 5.41) is -0.0467. The van der Waals surface area contributed by atoms with Crippen LogP contribution in [0, 0.1) is 6.92 Å². The van der Waals surface area contributed by atoms with E-state index in [4.69, 9.17) is 0 Å². The molecule has 0 radical (unpaired) electrons.